The number of nitrogens with zero attached hydrogens (tertiary/aromatic N) is 2. The average molecular weight is 378 g/mol. The van der Waals surface area contributed by atoms with E-state index in [1.807, 2.05) is 6.07 Å². The number of rotatable bonds is 9. The van der Waals surface area contributed by atoms with Crippen LogP contribution in [0.2, 0.25) is 0 Å². The van der Waals surface area contributed by atoms with Gasteiger partial charge in [0, 0.05) is 27.3 Å². The lowest BCUT2D eigenvalue weighted by Crippen LogP contribution is -2.36. The highest BCUT2D eigenvalue weighted by molar-refractivity contribution is 7.99. The maximum atomic E-state index is 12.8. The van der Waals surface area contributed by atoms with Gasteiger partial charge in [-0.05, 0) is 18.6 Å². The molecule has 2 rings (SSSR count). The number of para-hydroxylation sites is 1. The predicted molar refractivity (Wildman–Crippen MR) is 100 cm³/mol. The zero-order chi connectivity index (χ0) is 18.9. The number of carbonyl (C=O) groups is 2. The van der Waals surface area contributed by atoms with E-state index in [1.54, 1.807) is 29.9 Å². The van der Waals surface area contributed by atoms with Crippen molar-refractivity contribution < 1.29 is 14.3 Å². The van der Waals surface area contributed by atoms with Crippen LogP contribution in [0.15, 0.2) is 34.2 Å². The zero-order valence-electron chi connectivity index (χ0n) is 14.8. The molecule has 1 heterocycles. The van der Waals surface area contributed by atoms with Gasteiger partial charge in [-0.2, -0.15) is 0 Å². The second kappa shape index (κ2) is 9.93. The fraction of sp³-hybridized carbons (Fsp3) is 0.412. The van der Waals surface area contributed by atoms with Crippen molar-refractivity contribution in [2.75, 3.05) is 33.1 Å². The summed E-state index contributed by atoms with van der Waals surface area (Å²) in [5.41, 5.74) is 0.453. The number of likely N-dealkylation sites (N-methyl/N-ethyl adjacent to an activating group) is 1. The van der Waals surface area contributed by atoms with Crippen LogP contribution in [0.5, 0.6) is 0 Å². The second-order valence-electron chi connectivity index (χ2n) is 5.45. The largest absolute Gasteiger partial charge is 0.385 e. The van der Waals surface area contributed by atoms with E-state index in [1.165, 1.54) is 18.8 Å². The summed E-state index contributed by atoms with van der Waals surface area (Å²) in [4.78, 5) is 40.4. The predicted octanol–water partition coefficient (Wildman–Crippen LogP) is 0.387. The van der Waals surface area contributed by atoms with Gasteiger partial charge in [0.25, 0.3) is 5.56 Å². The molecule has 2 aromatic rings. The molecule has 2 N–H and O–H groups in total. The molecule has 1 aromatic heterocycles. The summed E-state index contributed by atoms with van der Waals surface area (Å²) in [5.74, 6) is -0.514. The van der Waals surface area contributed by atoms with Gasteiger partial charge >= 0.3 is 0 Å². The quantitative estimate of drug-likeness (QED) is 0.372. The number of methoxy groups -OCH3 is 1. The van der Waals surface area contributed by atoms with Crippen LogP contribution < -0.4 is 16.2 Å². The SMILES string of the molecule is CNC(=O)CNC(=O)CSc1nc2ccccc2c(=O)n1CCCOC. The Morgan fingerprint density at radius 3 is 2.77 bits per heavy atom. The fourth-order valence-corrected chi connectivity index (χ4v) is 3.13. The lowest BCUT2D eigenvalue weighted by molar-refractivity contribution is -0.124. The Balaban J connectivity index is 2.18. The minimum Gasteiger partial charge on any atom is -0.385 e. The maximum absolute atomic E-state index is 12.8. The number of nitrogens with one attached hydrogen (secondary N) is 2. The summed E-state index contributed by atoms with van der Waals surface area (Å²) in [5, 5.41) is 5.96. The summed E-state index contributed by atoms with van der Waals surface area (Å²) in [6, 6.07) is 7.12. The van der Waals surface area contributed by atoms with E-state index < -0.39 is 0 Å². The summed E-state index contributed by atoms with van der Waals surface area (Å²) in [6.07, 6.45) is 0.660. The van der Waals surface area contributed by atoms with E-state index >= 15 is 0 Å². The normalized spacial score (nSPS) is 10.7. The monoisotopic (exact) mass is 378 g/mol. The third-order valence-corrected chi connectivity index (χ3v) is 4.59. The molecule has 2 amide bonds. The Morgan fingerprint density at radius 2 is 2.04 bits per heavy atom. The first-order chi connectivity index (χ1) is 12.6. The molecule has 0 saturated heterocycles. The topological polar surface area (TPSA) is 102 Å². The Labute approximate surface area is 155 Å². The summed E-state index contributed by atoms with van der Waals surface area (Å²) >= 11 is 1.17. The molecule has 0 aliphatic heterocycles. The number of aromatic nitrogens is 2. The van der Waals surface area contributed by atoms with Gasteiger partial charge in [0.15, 0.2) is 5.16 Å². The van der Waals surface area contributed by atoms with Crippen LogP contribution in [0.1, 0.15) is 6.42 Å². The number of carbonyl (C=O) groups excluding carboxylic acids is 2. The molecule has 0 spiro atoms. The van der Waals surface area contributed by atoms with Crippen molar-refractivity contribution in [2.24, 2.45) is 0 Å². The van der Waals surface area contributed by atoms with Gasteiger partial charge in [-0.25, -0.2) is 4.98 Å². The molecule has 1 aromatic carbocycles. The molecular weight excluding hydrogens is 356 g/mol. The average Bonchev–Trinajstić information content (AvgIpc) is 2.66. The van der Waals surface area contributed by atoms with Gasteiger partial charge in [0.1, 0.15) is 0 Å². The molecule has 0 atom stereocenters. The van der Waals surface area contributed by atoms with Crippen molar-refractivity contribution in [1.82, 2.24) is 20.2 Å². The van der Waals surface area contributed by atoms with Crippen LogP contribution >= 0.6 is 11.8 Å². The number of benzene rings is 1. The van der Waals surface area contributed by atoms with Crippen LogP contribution in [0, 0.1) is 0 Å². The second-order valence-corrected chi connectivity index (χ2v) is 6.40. The number of hydrogen-bond acceptors (Lipinski definition) is 6. The third kappa shape index (κ3) is 5.30. The minimum absolute atomic E-state index is 0.0616. The number of ether oxygens (including phenoxy) is 1. The lowest BCUT2D eigenvalue weighted by atomic mass is 10.2. The van der Waals surface area contributed by atoms with Gasteiger partial charge in [-0.1, -0.05) is 23.9 Å². The molecule has 0 radical (unpaired) electrons. The first-order valence-corrected chi connectivity index (χ1v) is 9.14. The fourth-order valence-electron chi connectivity index (χ4n) is 2.27. The van der Waals surface area contributed by atoms with Crippen molar-refractivity contribution in [2.45, 2.75) is 18.1 Å². The molecule has 0 aliphatic rings. The molecular formula is C17H22N4O4S. The van der Waals surface area contributed by atoms with E-state index in [-0.39, 0.29) is 29.7 Å². The van der Waals surface area contributed by atoms with Gasteiger partial charge < -0.3 is 15.4 Å². The third-order valence-electron chi connectivity index (χ3n) is 3.61. The smallest absolute Gasteiger partial charge is 0.262 e. The standard InChI is InChI=1S/C17H22N4O4S/c1-18-14(22)10-19-15(23)11-26-17-20-13-7-4-3-6-12(13)16(24)21(17)8-5-9-25-2/h3-4,6-7H,5,8-11H2,1-2H3,(H,18,22)(H,19,23). The highest BCUT2D eigenvalue weighted by Gasteiger charge is 2.13. The van der Waals surface area contributed by atoms with Crippen molar-refractivity contribution in [3.63, 3.8) is 0 Å². The van der Waals surface area contributed by atoms with Crippen LogP contribution in [0.4, 0.5) is 0 Å². The van der Waals surface area contributed by atoms with Gasteiger partial charge in [0.05, 0.1) is 23.2 Å². The maximum Gasteiger partial charge on any atom is 0.262 e. The van der Waals surface area contributed by atoms with Crippen molar-refractivity contribution in [3.8, 4) is 0 Å². The van der Waals surface area contributed by atoms with Gasteiger partial charge in [-0.15, -0.1) is 0 Å². The van der Waals surface area contributed by atoms with E-state index in [0.717, 1.165) is 0 Å². The Morgan fingerprint density at radius 1 is 1.27 bits per heavy atom. The molecule has 0 aliphatic carbocycles. The molecule has 0 saturated carbocycles. The molecule has 9 heteroatoms. The molecule has 0 unspecified atom stereocenters. The van der Waals surface area contributed by atoms with Crippen molar-refractivity contribution in [1.29, 1.82) is 0 Å². The van der Waals surface area contributed by atoms with Crippen molar-refractivity contribution in [3.05, 3.63) is 34.6 Å². The molecule has 140 valence electrons. The minimum atomic E-state index is -0.301. The Bertz CT molecular complexity index is 837. The number of hydrogen-bond donors (Lipinski definition) is 2. The number of amides is 2. The van der Waals surface area contributed by atoms with Gasteiger partial charge in [-0.3, -0.25) is 19.0 Å². The zero-order valence-corrected chi connectivity index (χ0v) is 15.6. The Kier molecular flexibility index (Phi) is 7.61. The first kappa shape index (κ1) is 19.9. The summed E-state index contributed by atoms with van der Waals surface area (Å²) < 4.78 is 6.62. The van der Waals surface area contributed by atoms with Crippen LogP contribution in [0.25, 0.3) is 10.9 Å². The first-order valence-electron chi connectivity index (χ1n) is 8.15. The van der Waals surface area contributed by atoms with Crippen LogP contribution in [-0.4, -0.2) is 54.4 Å². The number of thioether (sulfide) groups is 1. The number of fused-ring (bicyclic) bond motifs is 1. The van der Waals surface area contributed by atoms with E-state index in [4.69, 9.17) is 4.74 Å². The summed E-state index contributed by atoms with van der Waals surface area (Å²) in [7, 11) is 3.11. The van der Waals surface area contributed by atoms with E-state index in [2.05, 4.69) is 15.6 Å². The Hall–Kier alpha value is -2.39. The molecule has 0 bridgehead atoms. The summed E-state index contributed by atoms with van der Waals surface area (Å²) in [6.45, 7) is 0.893. The highest BCUT2D eigenvalue weighted by atomic mass is 32.2. The van der Waals surface area contributed by atoms with Crippen molar-refractivity contribution >= 4 is 34.5 Å². The van der Waals surface area contributed by atoms with Crippen LogP contribution in [-0.2, 0) is 20.9 Å². The van der Waals surface area contributed by atoms with Crippen LogP contribution in [0.3, 0.4) is 0 Å². The molecule has 0 fully saturated rings. The molecule has 8 nitrogen and oxygen atoms in total. The lowest BCUT2D eigenvalue weighted by Gasteiger charge is -2.13. The highest BCUT2D eigenvalue weighted by Crippen LogP contribution is 2.18. The van der Waals surface area contributed by atoms with E-state index in [0.29, 0.717) is 35.6 Å². The molecule has 26 heavy (non-hydrogen) atoms. The van der Waals surface area contributed by atoms with Gasteiger partial charge in [0.2, 0.25) is 11.8 Å². The van der Waals surface area contributed by atoms with E-state index in [9.17, 15) is 14.4 Å².